The molecule has 1 fully saturated rings. The average molecular weight is 232 g/mol. The minimum absolute atomic E-state index is 0.734. The van der Waals surface area contributed by atoms with Crippen LogP contribution in [0.2, 0.25) is 0 Å². The Bertz CT molecular complexity index is 421. The van der Waals surface area contributed by atoms with E-state index < -0.39 is 0 Å². The lowest BCUT2D eigenvalue weighted by molar-refractivity contribution is 0.151. The van der Waals surface area contributed by atoms with Crippen molar-refractivity contribution >= 4 is 0 Å². The molecule has 2 rings (SSSR count). The molecule has 0 spiro atoms. The van der Waals surface area contributed by atoms with Crippen molar-refractivity contribution in [2.24, 2.45) is 7.05 Å². The molecule has 92 valence electrons. The van der Waals surface area contributed by atoms with E-state index in [0.29, 0.717) is 0 Å². The van der Waals surface area contributed by atoms with Crippen molar-refractivity contribution in [3.05, 3.63) is 23.0 Å². The van der Waals surface area contributed by atoms with E-state index >= 15 is 0 Å². The Hall–Kier alpha value is -1.31. The van der Waals surface area contributed by atoms with Gasteiger partial charge in [0, 0.05) is 32.4 Å². The lowest BCUT2D eigenvalue weighted by Gasteiger charge is -2.27. The first-order valence-corrected chi connectivity index (χ1v) is 6.26. The fourth-order valence-electron chi connectivity index (χ4n) is 2.30. The Labute approximate surface area is 103 Å². The van der Waals surface area contributed by atoms with Crippen LogP contribution >= 0.6 is 0 Å². The molecule has 0 atom stereocenters. The molecule has 0 bridgehead atoms. The van der Waals surface area contributed by atoms with E-state index in [1.807, 2.05) is 17.7 Å². The number of nitriles is 1. The third kappa shape index (κ3) is 2.68. The summed E-state index contributed by atoms with van der Waals surface area (Å²) in [7, 11) is 1.94. The maximum Gasteiger partial charge on any atom is 0.120 e. The Morgan fingerprint density at radius 1 is 1.35 bits per heavy atom. The summed E-state index contributed by atoms with van der Waals surface area (Å²) in [6.45, 7) is 5.16. The summed E-state index contributed by atoms with van der Waals surface area (Å²) in [5, 5.41) is 11.3. The maximum absolute atomic E-state index is 8.97. The molecule has 2 heterocycles. The minimum atomic E-state index is 0.734. The Kier molecular flexibility index (Phi) is 3.82. The molecule has 1 saturated heterocycles. The predicted molar refractivity (Wildman–Crippen MR) is 67.1 cm³/mol. The summed E-state index contributed by atoms with van der Waals surface area (Å²) < 4.78 is 1.95. The highest BCUT2D eigenvalue weighted by atomic mass is 15.5. The van der Waals surface area contributed by atoms with Crippen molar-refractivity contribution in [1.29, 1.82) is 5.26 Å². The molecule has 0 saturated carbocycles. The minimum Gasteiger partial charge on any atom is -0.340 e. The highest BCUT2D eigenvalue weighted by Crippen LogP contribution is 2.14. The average Bonchev–Trinajstić information content (AvgIpc) is 2.65. The molecule has 1 aliphatic heterocycles. The lowest BCUT2D eigenvalue weighted by atomic mass is 10.2. The van der Waals surface area contributed by atoms with Crippen LogP contribution in [0.4, 0.5) is 0 Å². The van der Waals surface area contributed by atoms with E-state index in [2.05, 4.69) is 23.4 Å². The zero-order chi connectivity index (χ0) is 12.3. The van der Waals surface area contributed by atoms with Gasteiger partial charge >= 0.3 is 0 Å². The second-order valence-electron chi connectivity index (χ2n) is 4.69. The summed E-state index contributed by atoms with van der Waals surface area (Å²) in [5.74, 6) is 0. The lowest BCUT2D eigenvalue weighted by Crippen LogP contribution is -2.41. The highest BCUT2D eigenvalue weighted by Gasteiger charge is 2.12. The normalized spacial score (nSPS) is 17.0. The smallest absolute Gasteiger partial charge is 0.120 e. The maximum atomic E-state index is 8.97. The summed E-state index contributed by atoms with van der Waals surface area (Å²) in [6.07, 6.45) is 3.91. The van der Waals surface area contributed by atoms with Crippen molar-refractivity contribution in [2.45, 2.75) is 32.7 Å². The largest absolute Gasteiger partial charge is 0.340 e. The van der Waals surface area contributed by atoms with Crippen LogP contribution in [0.5, 0.6) is 0 Å². The van der Waals surface area contributed by atoms with Gasteiger partial charge in [-0.15, -0.1) is 0 Å². The van der Waals surface area contributed by atoms with E-state index in [-0.39, 0.29) is 0 Å². The number of hydrogen-bond acceptors (Lipinski definition) is 3. The Morgan fingerprint density at radius 2 is 2.06 bits per heavy atom. The van der Waals surface area contributed by atoms with Gasteiger partial charge in [0.15, 0.2) is 0 Å². The van der Waals surface area contributed by atoms with E-state index in [1.54, 1.807) is 0 Å². The zero-order valence-electron chi connectivity index (χ0n) is 10.7. The van der Waals surface area contributed by atoms with E-state index in [0.717, 1.165) is 25.3 Å². The van der Waals surface area contributed by atoms with Crippen LogP contribution < -0.4 is 5.43 Å². The van der Waals surface area contributed by atoms with Crippen molar-refractivity contribution in [3.8, 4) is 6.07 Å². The number of nitrogens with one attached hydrogen (secondary N) is 1. The Balaban J connectivity index is 1.97. The van der Waals surface area contributed by atoms with Gasteiger partial charge < -0.3 is 4.57 Å². The van der Waals surface area contributed by atoms with E-state index in [4.69, 9.17) is 5.26 Å². The topological polar surface area (TPSA) is 44.0 Å². The van der Waals surface area contributed by atoms with Crippen molar-refractivity contribution in [2.75, 3.05) is 13.1 Å². The molecule has 1 aromatic heterocycles. The number of hydrogen-bond donors (Lipinski definition) is 1. The van der Waals surface area contributed by atoms with Gasteiger partial charge in [-0.25, -0.2) is 5.01 Å². The van der Waals surface area contributed by atoms with Crippen LogP contribution in [0.1, 0.15) is 36.2 Å². The molecule has 17 heavy (non-hydrogen) atoms. The first-order chi connectivity index (χ1) is 8.22. The third-order valence-corrected chi connectivity index (χ3v) is 3.60. The number of aromatic nitrogens is 1. The first kappa shape index (κ1) is 12.2. The number of hydrazine groups is 1. The van der Waals surface area contributed by atoms with Gasteiger partial charge in [-0.1, -0.05) is 6.42 Å². The number of piperidine rings is 1. The van der Waals surface area contributed by atoms with Crippen LogP contribution in [0.3, 0.4) is 0 Å². The molecule has 0 aliphatic carbocycles. The van der Waals surface area contributed by atoms with Crippen LogP contribution in [-0.2, 0) is 13.6 Å². The fraction of sp³-hybridized carbons (Fsp3) is 0.615. The van der Waals surface area contributed by atoms with Crippen molar-refractivity contribution < 1.29 is 0 Å². The molecule has 4 heteroatoms. The summed E-state index contributed by atoms with van der Waals surface area (Å²) >= 11 is 0. The molecule has 1 aliphatic rings. The quantitative estimate of drug-likeness (QED) is 0.862. The number of nitrogens with zero attached hydrogens (tertiary/aromatic N) is 3. The second kappa shape index (κ2) is 5.35. The van der Waals surface area contributed by atoms with E-state index in [1.165, 1.54) is 30.5 Å². The molecular weight excluding hydrogens is 212 g/mol. The molecule has 4 nitrogen and oxygen atoms in total. The van der Waals surface area contributed by atoms with Crippen LogP contribution in [0.25, 0.3) is 0 Å². The first-order valence-electron chi connectivity index (χ1n) is 6.26. The second-order valence-corrected chi connectivity index (χ2v) is 4.69. The van der Waals surface area contributed by atoms with Gasteiger partial charge in [-0.3, -0.25) is 5.43 Å². The van der Waals surface area contributed by atoms with Crippen molar-refractivity contribution in [3.63, 3.8) is 0 Å². The van der Waals surface area contributed by atoms with Gasteiger partial charge in [-0.2, -0.15) is 5.26 Å². The highest BCUT2D eigenvalue weighted by molar-refractivity contribution is 5.33. The van der Waals surface area contributed by atoms with Gasteiger partial charge in [0.25, 0.3) is 0 Å². The van der Waals surface area contributed by atoms with Crippen LogP contribution in [0.15, 0.2) is 6.07 Å². The summed E-state index contributed by atoms with van der Waals surface area (Å²) in [6, 6.07) is 4.19. The zero-order valence-corrected chi connectivity index (χ0v) is 10.7. The van der Waals surface area contributed by atoms with Crippen LogP contribution in [0, 0.1) is 18.3 Å². The van der Waals surface area contributed by atoms with Gasteiger partial charge in [0.1, 0.15) is 11.8 Å². The van der Waals surface area contributed by atoms with Gasteiger partial charge in [-0.05, 0) is 31.4 Å². The monoisotopic (exact) mass is 232 g/mol. The molecule has 0 unspecified atom stereocenters. The van der Waals surface area contributed by atoms with E-state index in [9.17, 15) is 0 Å². The third-order valence-electron chi connectivity index (χ3n) is 3.60. The molecule has 0 radical (unpaired) electrons. The predicted octanol–water partition coefficient (Wildman–Crippen LogP) is 1.70. The summed E-state index contributed by atoms with van der Waals surface area (Å²) in [4.78, 5) is 0. The molecule has 1 N–H and O–H groups in total. The molecule has 1 aromatic rings. The standard InChI is InChI=1S/C13H20N4/c1-11-12(8-13(9-14)16(11)2)10-15-17-6-4-3-5-7-17/h8,15H,3-7,10H2,1-2H3. The summed E-state index contributed by atoms with van der Waals surface area (Å²) in [5.41, 5.74) is 6.58. The van der Waals surface area contributed by atoms with Crippen molar-refractivity contribution in [1.82, 2.24) is 15.0 Å². The van der Waals surface area contributed by atoms with Crippen LogP contribution in [-0.4, -0.2) is 22.7 Å². The molecular formula is C13H20N4. The Morgan fingerprint density at radius 3 is 2.65 bits per heavy atom. The fourth-order valence-corrected chi connectivity index (χ4v) is 2.30. The molecule has 0 aromatic carbocycles. The van der Waals surface area contributed by atoms with Gasteiger partial charge in [0.2, 0.25) is 0 Å². The molecule has 0 amide bonds. The van der Waals surface area contributed by atoms with Gasteiger partial charge in [0.05, 0.1) is 0 Å². The number of rotatable bonds is 3. The SMILES string of the molecule is Cc1c(CNN2CCCCC2)cc(C#N)n1C.